The average Bonchev–Trinajstić information content (AvgIpc) is 2.39. The molecule has 0 atom stereocenters. The van der Waals surface area contributed by atoms with Gasteiger partial charge >= 0.3 is 0 Å². The van der Waals surface area contributed by atoms with E-state index in [-0.39, 0.29) is 10.7 Å². The minimum Gasteiger partial charge on any atom is -0.307 e. The predicted molar refractivity (Wildman–Crippen MR) is 67.1 cm³/mol. The topological polar surface area (TPSA) is 110 Å². The molecular weight excluding hydrogens is 254 g/mol. The van der Waals surface area contributed by atoms with Crippen LogP contribution in [-0.2, 0) is 10.0 Å². The van der Waals surface area contributed by atoms with Crippen LogP contribution in [0.1, 0.15) is 0 Å². The molecule has 2 heterocycles. The molecule has 18 heavy (non-hydrogen) atoms. The van der Waals surface area contributed by atoms with Crippen molar-refractivity contribution in [2.45, 2.75) is 4.90 Å². The summed E-state index contributed by atoms with van der Waals surface area (Å²) in [7, 11) is -3.74. The summed E-state index contributed by atoms with van der Waals surface area (Å²) >= 11 is 0. The van der Waals surface area contributed by atoms with Crippen LogP contribution in [0.2, 0.25) is 0 Å². The van der Waals surface area contributed by atoms with Gasteiger partial charge in [0, 0.05) is 18.6 Å². The average molecular weight is 265 g/mol. The highest BCUT2D eigenvalue weighted by atomic mass is 32.2. The molecule has 0 amide bonds. The van der Waals surface area contributed by atoms with E-state index < -0.39 is 10.0 Å². The lowest BCUT2D eigenvalue weighted by Gasteiger charge is -2.10. The van der Waals surface area contributed by atoms with Crippen molar-refractivity contribution in [1.29, 1.82) is 0 Å². The maximum Gasteiger partial charge on any atom is 0.265 e. The SMILES string of the molecule is NNc1ncccc1S(=O)(=O)Nc1ccncc1. The molecule has 2 aromatic rings. The Morgan fingerprint density at radius 1 is 1.11 bits per heavy atom. The molecule has 8 heteroatoms. The van der Waals surface area contributed by atoms with Crippen molar-refractivity contribution < 1.29 is 8.42 Å². The van der Waals surface area contributed by atoms with Gasteiger partial charge in [0.2, 0.25) is 0 Å². The van der Waals surface area contributed by atoms with E-state index in [2.05, 4.69) is 20.1 Å². The molecule has 0 spiro atoms. The summed E-state index contributed by atoms with van der Waals surface area (Å²) in [5, 5.41) is 0. The molecule has 0 fully saturated rings. The number of hydrazine groups is 1. The molecule has 0 bridgehead atoms. The fraction of sp³-hybridized carbons (Fsp3) is 0. The highest BCUT2D eigenvalue weighted by Gasteiger charge is 2.18. The van der Waals surface area contributed by atoms with Gasteiger partial charge in [-0.1, -0.05) is 0 Å². The second-order valence-corrected chi connectivity index (χ2v) is 4.99. The summed E-state index contributed by atoms with van der Waals surface area (Å²) in [6, 6.07) is 6.01. The first-order chi connectivity index (χ1) is 8.63. The quantitative estimate of drug-likeness (QED) is 0.550. The van der Waals surface area contributed by atoms with E-state index in [0.717, 1.165) is 0 Å². The van der Waals surface area contributed by atoms with Gasteiger partial charge in [-0.3, -0.25) is 9.71 Å². The van der Waals surface area contributed by atoms with Crippen LogP contribution in [0.25, 0.3) is 0 Å². The van der Waals surface area contributed by atoms with Gasteiger partial charge < -0.3 is 5.43 Å². The van der Waals surface area contributed by atoms with Gasteiger partial charge in [0.05, 0.1) is 5.69 Å². The molecule has 0 aliphatic carbocycles. The van der Waals surface area contributed by atoms with Gasteiger partial charge in [0.25, 0.3) is 10.0 Å². The van der Waals surface area contributed by atoms with Gasteiger partial charge in [-0.15, -0.1) is 0 Å². The van der Waals surface area contributed by atoms with Crippen molar-refractivity contribution in [2.75, 3.05) is 10.1 Å². The number of nitrogens with zero attached hydrogens (tertiary/aromatic N) is 2. The molecule has 0 aliphatic heterocycles. The smallest absolute Gasteiger partial charge is 0.265 e. The van der Waals surface area contributed by atoms with Crippen LogP contribution in [0.5, 0.6) is 0 Å². The van der Waals surface area contributed by atoms with Crippen LogP contribution in [0, 0.1) is 0 Å². The first-order valence-corrected chi connectivity index (χ1v) is 6.46. The number of nitrogens with one attached hydrogen (secondary N) is 2. The number of hydrogen-bond donors (Lipinski definition) is 3. The third-order valence-corrected chi connectivity index (χ3v) is 3.54. The van der Waals surface area contributed by atoms with Crippen LogP contribution < -0.4 is 16.0 Å². The maximum atomic E-state index is 12.1. The standard InChI is InChI=1S/C10H11N5O2S/c11-14-10-9(2-1-5-13-10)18(16,17)15-8-3-6-12-7-4-8/h1-7H,11H2,(H,12,15)(H,13,14). The molecule has 0 saturated carbocycles. The van der Waals surface area contributed by atoms with Crippen molar-refractivity contribution >= 4 is 21.5 Å². The Kier molecular flexibility index (Phi) is 3.40. The van der Waals surface area contributed by atoms with Crippen molar-refractivity contribution in [3.05, 3.63) is 42.9 Å². The van der Waals surface area contributed by atoms with Crippen LogP contribution in [0.15, 0.2) is 47.8 Å². The highest BCUT2D eigenvalue weighted by molar-refractivity contribution is 7.92. The van der Waals surface area contributed by atoms with Gasteiger partial charge in [0.1, 0.15) is 4.90 Å². The molecule has 0 aliphatic rings. The van der Waals surface area contributed by atoms with Crippen LogP contribution in [0.3, 0.4) is 0 Å². The third-order valence-electron chi connectivity index (χ3n) is 2.13. The minimum atomic E-state index is -3.74. The summed E-state index contributed by atoms with van der Waals surface area (Å²) in [5.41, 5.74) is 2.66. The summed E-state index contributed by atoms with van der Waals surface area (Å²) in [6.07, 6.45) is 4.42. The minimum absolute atomic E-state index is 0.0238. The number of sulfonamides is 1. The Morgan fingerprint density at radius 3 is 2.50 bits per heavy atom. The number of rotatable bonds is 4. The molecule has 0 saturated heterocycles. The largest absolute Gasteiger partial charge is 0.307 e. The zero-order valence-electron chi connectivity index (χ0n) is 9.24. The monoisotopic (exact) mass is 265 g/mol. The lowest BCUT2D eigenvalue weighted by Crippen LogP contribution is -2.18. The first-order valence-electron chi connectivity index (χ1n) is 4.98. The number of hydrogen-bond acceptors (Lipinski definition) is 6. The molecule has 0 unspecified atom stereocenters. The normalized spacial score (nSPS) is 10.9. The fourth-order valence-corrected chi connectivity index (χ4v) is 2.53. The van der Waals surface area contributed by atoms with E-state index in [1.165, 1.54) is 30.7 Å². The second-order valence-electron chi connectivity index (χ2n) is 3.34. The summed E-state index contributed by atoms with van der Waals surface area (Å²) in [6.45, 7) is 0. The summed E-state index contributed by atoms with van der Waals surface area (Å²) < 4.78 is 26.6. The van der Waals surface area contributed by atoms with E-state index in [0.29, 0.717) is 5.69 Å². The Labute approximate surface area is 104 Å². The molecule has 0 aromatic carbocycles. The van der Waals surface area contributed by atoms with Crippen LogP contribution in [0.4, 0.5) is 11.5 Å². The Bertz CT molecular complexity index is 630. The van der Waals surface area contributed by atoms with Gasteiger partial charge in [-0.25, -0.2) is 19.2 Å². The fourth-order valence-electron chi connectivity index (χ4n) is 1.35. The lowest BCUT2D eigenvalue weighted by atomic mass is 10.4. The molecule has 0 radical (unpaired) electrons. The predicted octanol–water partition coefficient (Wildman–Crippen LogP) is 0.563. The molecule has 7 nitrogen and oxygen atoms in total. The van der Waals surface area contributed by atoms with Crippen molar-refractivity contribution in [2.24, 2.45) is 5.84 Å². The first kappa shape index (κ1) is 12.3. The zero-order valence-corrected chi connectivity index (χ0v) is 10.1. The Balaban J connectivity index is 2.37. The summed E-state index contributed by atoms with van der Waals surface area (Å²) in [4.78, 5) is 7.62. The van der Waals surface area contributed by atoms with Gasteiger partial charge in [0.15, 0.2) is 5.82 Å². The van der Waals surface area contributed by atoms with E-state index in [1.54, 1.807) is 12.1 Å². The summed E-state index contributed by atoms with van der Waals surface area (Å²) in [5.74, 6) is 5.31. The van der Waals surface area contributed by atoms with Crippen molar-refractivity contribution in [3.8, 4) is 0 Å². The number of pyridine rings is 2. The van der Waals surface area contributed by atoms with E-state index >= 15 is 0 Å². The van der Waals surface area contributed by atoms with E-state index in [1.807, 2.05) is 0 Å². The van der Waals surface area contributed by atoms with Gasteiger partial charge in [-0.05, 0) is 24.3 Å². The third kappa shape index (κ3) is 2.55. The van der Waals surface area contributed by atoms with Crippen LogP contribution in [-0.4, -0.2) is 18.4 Å². The molecular formula is C10H11N5O2S. The second kappa shape index (κ2) is 4.98. The zero-order chi connectivity index (χ0) is 13.0. The number of anilines is 2. The van der Waals surface area contributed by atoms with Crippen molar-refractivity contribution in [3.63, 3.8) is 0 Å². The molecule has 2 aromatic heterocycles. The number of nitrogen functional groups attached to an aromatic ring is 1. The Morgan fingerprint density at radius 2 is 1.83 bits per heavy atom. The van der Waals surface area contributed by atoms with Crippen LogP contribution >= 0.6 is 0 Å². The molecule has 2 rings (SSSR count). The van der Waals surface area contributed by atoms with E-state index in [9.17, 15) is 8.42 Å². The number of nitrogens with two attached hydrogens (primary N) is 1. The molecule has 94 valence electrons. The van der Waals surface area contributed by atoms with Crippen molar-refractivity contribution in [1.82, 2.24) is 9.97 Å². The van der Waals surface area contributed by atoms with E-state index in [4.69, 9.17) is 5.84 Å². The molecule has 4 N–H and O–H groups in total. The maximum absolute atomic E-state index is 12.1. The van der Waals surface area contributed by atoms with Gasteiger partial charge in [-0.2, -0.15) is 0 Å². The lowest BCUT2D eigenvalue weighted by molar-refractivity contribution is 0.601. The highest BCUT2D eigenvalue weighted by Crippen LogP contribution is 2.20. The Hall–Kier alpha value is -2.19. The number of aromatic nitrogens is 2.